The lowest BCUT2D eigenvalue weighted by molar-refractivity contribution is -0.139. The average Bonchev–Trinajstić information content (AvgIpc) is 3.33. The molecule has 2 atom stereocenters. The van der Waals surface area contributed by atoms with Crippen LogP contribution in [0.5, 0.6) is 5.75 Å². The first-order valence-corrected chi connectivity index (χ1v) is 15.2. The first-order chi connectivity index (χ1) is 19.0. The number of fused-ring (bicyclic) bond motifs is 1. The molecule has 2 aliphatic heterocycles. The molecule has 1 unspecified atom stereocenters. The monoisotopic (exact) mass is 550 g/mol. The van der Waals surface area contributed by atoms with Crippen molar-refractivity contribution in [3.8, 4) is 5.75 Å². The van der Waals surface area contributed by atoms with Gasteiger partial charge in [0.2, 0.25) is 5.91 Å². The van der Waals surface area contributed by atoms with Gasteiger partial charge in [0.1, 0.15) is 18.2 Å². The Hall–Kier alpha value is -2.57. The SMILES string of the molecule is Cc1cccc2c1nc(COc1ccc(Cl)cc1)n2CC[C@@H](C)C(=O)N1CCCCC1CCN1CCCCC1. The summed E-state index contributed by atoms with van der Waals surface area (Å²) in [4.78, 5) is 23.5. The Labute approximate surface area is 238 Å². The van der Waals surface area contributed by atoms with Crippen molar-refractivity contribution in [2.24, 2.45) is 5.92 Å². The number of nitrogens with zero attached hydrogens (tertiary/aromatic N) is 4. The zero-order chi connectivity index (χ0) is 27.2. The molecule has 2 saturated heterocycles. The molecule has 0 bridgehead atoms. The third-order valence-corrected chi connectivity index (χ3v) is 8.84. The predicted octanol–water partition coefficient (Wildman–Crippen LogP) is 6.86. The Morgan fingerprint density at radius 3 is 2.59 bits per heavy atom. The van der Waals surface area contributed by atoms with Crippen molar-refractivity contribution in [1.29, 1.82) is 0 Å². The van der Waals surface area contributed by atoms with E-state index in [9.17, 15) is 4.79 Å². The minimum Gasteiger partial charge on any atom is -0.486 e. The number of benzene rings is 2. The summed E-state index contributed by atoms with van der Waals surface area (Å²) in [6.45, 7) is 9.77. The Morgan fingerprint density at radius 1 is 1.03 bits per heavy atom. The molecule has 0 saturated carbocycles. The van der Waals surface area contributed by atoms with Gasteiger partial charge < -0.3 is 19.1 Å². The Kier molecular flexibility index (Phi) is 9.46. The number of aromatic nitrogens is 2. The molecule has 5 rings (SSSR count). The third-order valence-electron chi connectivity index (χ3n) is 8.59. The van der Waals surface area contributed by atoms with Crippen LogP contribution in [0.15, 0.2) is 42.5 Å². The smallest absolute Gasteiger partial charge is 0.225 e. The molecule has 0 N–H and O–H groups in total. The van der Waals surface area contributed by atoms with Crippen LogP contribution in [-0.4, -0.2) is 57.5 Å². The summed E-state index contributed by atoms with van der Waals surface area (Å²) in [5.74, 6) is 1.93. The molecular formula is C32H43ClN4O2. The van der Waals surface area contributed by atoms with E-state index >= 15 is 0 Å². The van der Waals surface area contributed by atoms with Crippen LogP contribution in [0.1, 0.15) is 69.7 Å². The van der Waals surface area contributed by atoms with Crippen LogP contribution in [-0.2, 0) is 17.9 Å². The van der Waals surface area contributed by atoms with Gasteiger partial charge in [-0.3, -0.25) is 4.79 Å². The van der Waals surface area contributed by atoms with Crippen LogP contribution in [0.25, 0.3) is 11.0 Å². The molecule has 39 heavy (non-hydrogen) atoms. The number of ether oxygens (including phenoxy) is 1. The molecule has 6 nitrogen and oxygen atoms in total. The number of imidazole rings is 1. The van der Waals surface area contributed by atoms with Crippen LogP contribution >= 0.6 is 11.6 Å². The fourth-order valence-corrected chi connectivity index (χ4v) is 6.33. The summed E-state index contributed by atoms with van der Waals surface area (Å²) in [5.41, 5.74) is 3.25. The minimum atomic E-state index is -0.0344. The number of piperidine rings is 2. The second-order valence-electron chi connectivity index (χ2n) is 11.4. The van der Waals surface area contributed by atoms with Gasteiger partial charge in [-0.2, -0.15) is 0 Å². The number of rotatable bonds is 10. The maximum atomic E-state index is 13.7. The number of para-hydroxylation sites is 1. The van der Waals surface area contributed by atoms with Gasteiger partial charge in [0.05, 0.1) is 11.0 Å². The van der Waals surface area contributed by atoms with E-state index < -0.39 is 0 Å². The summed E-state index contributed by atoms with van der Waals surface area (Å²) < 4.78 is 8.32. The quantitative estimate of drug-likeness (QED) is 0.277. The zero-order valence-electron chi connectivity index (χ0n) is 23.6. The van der Waals surface area contributed by atoms with Crippen LogP contribution in [0, 0.1) is 12.8 Å². The Balaban J connectivity index is 1.24. The molecule has 0 spiro atoms. The number of amides is 1. The summed E-state index contributed by atoms with van der Waals surface area (Å²) >= 11 is 6.03. The highest BCUT2D eigenvalue weighted by molar-refractivity contribution is 6.30. The van der Waals surface area contributed by atoms with E-state index in [0.29, 0.717) is 23.6 Å². The molecular weight excluding hydrogens is 508 g/mol. The largest absolute Gasteiger partial charge is 0.486 e. The predicted molar refractivity (Wildman–Crippen MR) is 158 cm³/mol. The highest BCUT2D eigenvalue weighted by Gasteiger charge is 2.30. The number of aryl methyl sites for hydroxylation is 2. The Morgan fingerprint density at radius 2 is 1.79 bits per heavy atom. The van der Waals surface area contributed by atoms with E-state index in [1.807, 2.05) is 24.3 Å². The van der Waals surface area contributed by atoms with Crippen molar-refractivity contribution in [2.45, 2.75) is 84.4 Å². The first kappa shape index (κ1) is 28.0. The fourth-order valence-electron chi connectivity index (χ4n) is 6.21. The molecule has 0 radical (unpaired) electrons. The number of carbonyl (C=O) groups is 1. The maximum Gasteiger partial charge on any atom is 0.225 e. The molecule has 2 aromatic carbocycles. The molecule has 0 aliphatic carbocycles. The molecule has 3 aromatic rings. The lowest BCUT2D eigenvalue weighted by Crippen LogP contribution is -2.47. The molecule has 1 aromatic heterocycles. The highest BCUT2D eigenvalue weighted by Crippen LogP contribution is 2.26. The standard InChI is InChI=1S/C32H43ClN4O2/c1-24-9-8-11-29-31(24)34-30(23-39-28-14-12-26(33)13-15-28)37(29)22-16-25(2)32(38)36-20-7-4-10-27(36)17-21-35-18-5-3-6-19-35/h8-9,11-15,25,27H,3-7,10,16-23H2,1-2H3/t25-,27?/m1/s1. The third kappa shape index (κ3) is 6.96. The van der Waals surface area contributed by atoms with Crippen LogP contribution in [0.2, 0.25) is 5.02 Å². The van der Waals surface area contributed by atoms with Gasteiger partial charge >= 0.3 is 0 Å². The van der Waals surface area contributed by atoms with Gasteiger partial charge in [0, 0.05) is 36.6 Å². The zero-order valence-corrected chi connectivity index (χ0v) is 24.3. The maximum absolute atomic E-state index is 13.7. The Bertz CT molecular complexity index is 1230. The molecule has 1 amide bonds. The molecule has 3 heterocycles. The molecule has 2 aliphatic rings. The topological polar surface area (TPSA) is 50.6 Å². The second-order valence-corrected chi connectivity index (χ2v) is 11.9. The highest BCUT2D eigenvalue weighted by atomic mass is 35.5. The van der Waals surface area contributed by atoms with E-state index in [1.54, 1.807) is 0 Å². The molecule has 210 valence electrons. The van der Waals surface area contributed by atoms with Crippen molar-refractivity contribution < 1.29 is 9.53 Å². The van der Waals surface area contributed by atoms with Crippen LogP contribution < -0.4 is 4.74 Å². The van der Waals surface area contributed by atoms with Crippen LogP contribution in [0.4, 0.5) is 0 Å². The number of hydrogen-bond donors (Lipinski definition) is 0. The van der Waals surface area contributed by atoms with Crippen molar-refractivity contribution in [3.63, 3.8) is 0 Å². The fraction of sp³-hybridized carbons (Fsp3) is 0.562. The lowest BCUT2D eigenvalue weighted by Gasteiger charge is -2.39. The van der Waals surface area contributed by atoms with E-state index in [2.05, 4.69) is 46.4 Å². The summed E-state index contributed by atoms with van der Waals surface area (Å²) in [7, 11) is 0. The summed E-state index contributed by atoms with van der Waals surface area (Å²) in [6.07, 6.45) is 9.39. The van der Waals surface area contributed by atoms with Crippen molar-refractivity contribution >= 4 is 28.5 Å². The van der Waals surface area contributed by atoms with Gasteiger partial charge in [-0.15, -0.1) is 0 Å². The minimum absolute atomic E-state index is 0.0344. The van der Waals surface area contributed by atoms with E-state index in [4.69, 9.17) is 21.3 Å². The van der Waals surface area contributed by atoms with Gasteiger partial charge in [-0.1, -0.05) is 37.1 Å². The molecule has 7 heteroatoms. The van der Waals surface area contributed by atoms with E-state index in [1.165, 1.54) is 38.8 Å². The first-order valence-electron chi connectivity index (χ1n) is 14.9. The number of carbonyl (C=O) groups excluding carboxylic acids is 1. The van der Waals surface area contributed by atoms with E-state index in [0.717, 1.165) is 73.5 Å². The van der Waals surface area contributed by atoms with Gasteiger partial charge in [0.15, 0.2) is 0 Å². The van der Waals surface area contributed by atoms with Crippen molar-refractivity contribution in [3.05, 3.63) is 58.9 Å². The normalized spacial score (nSPS) is 19.4. The summed E-state index contributed by atoms with van der Waals surface area (Å²) in [5, 5.41) is 0.686. The van der Waals surface area contributed by atoms with Gasteiger partial charge in [0.25, 0.3) is 0 Å². The van der Waals surface area contributed by atoms with E-state index in [-0.39, 0.29) is 5.92 Å². The molecule has 2 fully saturated rings. The van der Waals surface area contributed by atoms with Gasteiger partial charge in [-0.25, -0.2) is 4.98 Å². The lowest BCUT2D eigenvalue weighted by atomic mass is 9.95. The number of hydrogen-bond acceptors (Lipinski definition) is 4. The second kappa shape index (κ2) is 13.2. The van der Waals surface area contributed by atoms with Crippen molar-refractivity contribution in [2.75, 3.05) is 26.2 Å². The van der Waals surface area contributed by atoms with Crippen molar-refractivity contribution in [1.82, 2.24) is 19.4 Å². The summed E-state index contributed by atoms with van der Waals surface area (Å²) in [6, 6.07) is 14.1. The number of halogens is 1. The van der Waals surface area contributed by atoms with Gasteiger partial charge in [-0.05, 0) is 101 Å². The van der Waals surface area contributed by atoms with Crippen LogP contribution in [0.3, 0.4) is 0 Å². The number of likely N-dealkylation sites (tertiary alicyclic amines) is 2. The average molecular weight is 551 g/mol.